The highest BCUT2D eigenvalue weighted by molar-refractivity contribution is 7.10. The number of nitrogens with one attached hydrogen (secondary N) is 2. The Morgan fingerprint density at radius 1 is 1.48 bits per heavy atom. The van der Waals surface area contributed by atoms with Gasteiger partial charge in [-0.25, -0.2) is 4.79 Å². The van der Waals surface area contributed by atoms with E-state index < -0.39 is 5.97 Å². The van der Waals surface area contributed by atoms with Gasteiger partial charge in [-0.2, -0.15) is 0 Å². The van der Waals surface area contributed by atoms with Gasteiger partial charge in [0.2, 0.25) is 0 Å². The minimum absolute atomic E-state index is 0.0519. The fraction of sp³-hybridized carbons (Fsp3) is 0.571. The molecular weight excluding hydrogens is 292 g/mol. The number of carboxylic acids is 1. The molecule has 1 aliphatic heterocycles. The highest BCUT2D eigenvalue weighted by Crippen LogP contribution is 2.30. The number of ether oxygens (including phenoxy) is 1. The lowest BCUT2D eigenvalue weighted by Gasteiger charge is -2.29. The van der Waals surface area contributed by atoms with Crippen LogP contribution in [0.1, 0.15) is 36.7 Å². The average molecular weight is 312 g/mol. The normalized spacial score (nSPS) is 21.7. The lowest BCUT2D eigenvalue weighted by Crippen LogP contribution is -2.45. The minimum atomic E-state index is -0.847. The van der Waals surface area contributed by atoms with Crippen LogP contribution in [0, 0.1) is 0 Å². The van der Waals surface area contributed by atoms with Crippen molar-refractivity contribution in [3.05, 3.63) is 22.4 Å². The molecule has 2 heterocycles. The summed E-state index contributed by atoms with van der Waals surface area (Å²) in [5.41, 5.74) is 0. The third kappa shape index (κ3) is 5.35. The summed E-state index contributed by atoms with van der Waals surface area (Å²) in [6.07, 6.45) is 2.12. The molecule has 0 spiro atoms. The Kier molecular flexibility index (Phi) is 6.01. The number of aliphatic carboxylic acids is 1. The van der Waals surface area contributed by atoms with Gasteiger partial charge in [0.05, 0.1) is 6.10 Å². The molecule has 0 aliphatic carbocycles. The van der Waals surface area contributed by atoms with Crippen molar-refractivity contribution in [2.75, 3.05) is 13.2 Å². The summed E-state index contributed by atoms with van der Waals surface area (Å²) in [6, 6.07) is 3.89. The molecule has 116 valence electrons. The SMILES string of the molecule is O=C(O)CCCNC(=O)NC1CCOC(c2cccs2)C1. The van der Waals surface area contributed by atoms with Crippen LogP contribution in [0.4, 0.5) is 4.79 Å². The largest absolute Gasteiger partial charge is 0.481 e. The van der Waals surface area contributed by atoms with Crippen molar-refractivity contribution in [1.29, 1.82) is 0 Å². The lowest BCUT2D eigenvalue weighted by molar-refractivity contribution is -0.137. The summed E-state index contributed by atoms with van der Waals surface area (Å²) in [5, 5.41) is 16.1. The predicted molar refractivity (Wildman–Crippen MR) is 79.4 cm³/mol. The molecular formula is C14H20N2O4S. The van der Waals surface area contributed by atoms with Crippen molar-refractivity contribution in [2.24, 2.45) is 0 Å². The second-order valence-electron chi connectivity index (χ2n) is 4.99. The molecule has 2 amide bonds. The molecule has 2 atom stereocenters. The third-order valence-electron chi connectivity index (χ3n) is 3.33. The number of carbonyl (C=O) groups excluding carboxylic acids is 1. The van der Waals surface area contributed by atoms with E-state index in [1.807, 2.05) is 17.5 Å². The number of urea groups is 1. The number of hydrogen-bond donors (Lipinski definition) is 3. The van der Waals surface area contributed by atoms with Gasteiger partial charge in [-0.1, -0.05) is 6.07 Å². The van der Waals surface area contributed by atoms with Gasteiger partial charge in [0.1, 0.15) is 0 Å². The quantitative estimate of drug-likeness (QED) is 0.702. The van der Waals surface area contributed by atoms with Crippen LogP contribution in [0.2, 0.25) is 0 Å². The maximum absolute atomic E-state index is 11.7. The molecule has 7 heteroatoms. The summed E-state index contributed by atoms with van der Waals surface area (Å²) in [4.78, 5) is 23.3. The Morgan fingerprint density at radius 3 is 3.05 bits per heavy atom. The van der Waals surface area contributed by atoms with E-state index in [2.05, 4.69) is 10.6 Å². The number of carbonyl (C=O) groups is 2. The number of thiophene rings is 1. The summed E-state index contributed by atoms with van der Waals surface area (Å²) in [6.45, 7) is 1.00. The van der Waals surface area contributed by atoms with E-state index in [4.69, 9.17) is 9.84 Å². The fourth-order valence-electron chi connectivity index (χ4n) is 2.28. The van der Waals surface area contributed by atoms with Gasteiger partial charge in [0, 0.05) is 30.5 Å². The topological polar surface area (TPSA) is 87.7 Å². The molecule has 0 radical (unpaired) electrons. The second-order valence-corrected chi connectivity index (χ2v) is 5.97. The maximum atomic E-state index is 11.7. The van der Waals surface area contributed by atoms with Crippen molar-refractivity contribution in [3.8, 4) is 0 Å². The van der Waals surface area contributed by atoms with E-state index in [1.54, 1.807) is 11.3 Å². The van der Waals surface area contributed by atoms with E-state index in [1.165, 1.54) is 4.88 Å². The number of amides is 2. The Bertz CT molecular complexity index is 464. The third-order valence-corrected chi connectivity index (χ3v) is 4.30. The molecule has 1 aliphatic rings. The van der Waals surface area contributed by atoms with E-state index >= 15 is 0 Å². The van der Waals surface area contributed by atoms with Crippen LogP contribution in [0.15, 0.2) is 17.5 Å². The number of rotatable bonds is 6. The van der Waals surface area contributed by atoms with Gasteiger partial charge in [0.15, 0.2) is 0 Å². The Labute approximate surface area is 127 Å². The van der Waals surface area contributed by atoms with Crippen molar-refractivity contribution in [2.45, 2.75) is 37.8 Å². The highest BCUT2D eigenvalue weighted by Gasteiger charge is 2.25. The summed E-state index contributed by atoms with van der Waals surface area (Å²) in [7, 11) is 0. The molecule has 3 N–H and O–H groups in total. The van der Waals surface area contributed by atoms with Gasteiger partial charge >= 0.3 is 12.0 Å². The zero-order chi connectivity index (χ0) is 15.1. The summed E-state index contributed by atoms with van der Waals surface area (Å²) >= 11 is 1.66. The Balaban J connectivity index is 1.69. The first kappa shape index (κ1) is 15.8. The van der Waals surface area contributed by atoms with Crippen LogP contribution in [-0.2, 0) is 9.53 Å². The Hall–Kier alpha value is -1.60. The molecule has 6 nitrogen and oxygen atoms in total. The van der Waals surface area contributed by atoms with Crippen molar-refractivity contribution < 1.29 is 19.4 Å². The van der Waals surface area contributed by atoms with E-state index in [9.17, 15) is 9.59 Å². The minimum Gasteiger partial charge on any atom is -0.481 e. The smallest absolute Gasteiger partial charge is 0.315 e. The predicted octanol–water partition coefficient (Wildman–Crippen LogP) is 2.13. The monoisotopic (exact) mass is 312 g/mol. The molecule has 1 aromatic rings. The first-order valence-electron chi connectivity index (χ1n) is 7.06. The van der Waals surface area contributed by atoms with E-state index in [-0.39, 0.29) is 24.6 Å². The van der Waals surface area contributed by atoms with Gasteiger partial charge in [-0.15, -0.1) is 11.3 Å². The maximum Gasteiger partial charge on any atom is 0.315 e. The molecule has 21 heavy (non-hydrogen) atoms. The molecule has 0 aromatic carbocycles. The number of carboxylic acid groups (broad SMARTS) is 1. The second kappa shape index (κ2) is 7.99. The van der Waals surface area contributed by atoms with Crippen molar-refractivity contribution in [1.82, 2.24) is 10.6 Å². The van der Waals surface area contributed by atoms with Crippen molar-refractivity contribution in [3.63, 3.8) is 0 Å². The van der Waals surface area contributed by atoms with E-state index in [0.29, 0.717) is 19.6 Å². The first-order chi connectivity index (χ1) is 10.1. The van der Waals surface area contributed by atoms with Crippen molar-refractivity contribution >= 4 is 23.3 Å². The zero-order valence-electron chi connectivity index (χ0n) is 11.7. The van der Waals surface area contributed by atoms with Gasteiger partial charge in [-0.3, -0.25) is 4.79 Å². The van der Waals surface area contributed by atoms with Gasteiger partial charge in [-0.05, 0) is 30.7 Å². The van der Waals surface area contributed by atoms with Crippen LogP contribution in [0.5, 0.6) is 0 Å². The molecule has 0 saturated carbocycles. The molecule has 0 bridgehead atoms. The molecule has 1 aromatic heterocycles. The standard InChI is InChI=1S/C14H20N2O4S/c17-13(18)4-1-6-15-14(19)16-10-5-7-20-11(9-10)12-3-2-8-21-12/h2-3,8,10-11H,1,4-7,9H2,(H,17,18)(H2,15,16,19). The fourth-order valence-corrected chi connectivity index (χ4v) is 3.07. The molecule has 2 rings (SSSR count). The number of hydrogen-bond acceptors (Lipinski definition) is 4. The molecule has 1 fully saturated rings. The average Bonchev–Trinajstić information content (AvgIpc) is 2.98. The Morgan fingerprint density at radius 2 is 2.33 bits per heavy atom. The van der Waals surface area contributed by atoms with Crippen LogP contribution < -0.4 is 10.6 Å². The highest BCUT2D eigenvalue weighted by atomic mass is 32.1. The lowest BCUT2D eigenvalue weighted by atomic mass is 10.0. The molecule has 1 saturated heterocycles. The zero-order valence-corrected chi connectivity index (χ0v) is 12.5. The van der Waals surface area contributed by atoms with Crippen LogP contribution in [0.3, 0.4) is 0 Å². The van der Waals surface area contributed by atoms with E-state index in [0.717, 1.165) is 12.8 Å². The van der Waals surface area contributed by atoms with Gasteiger partial charge in [0.25, 0.3) is 0 Å². The first-order valence-corrected chi connectivity index (χ1v) is 7.94. The van der Waals surface area contributed by atoms with Crippen LogP contribution in [-0.4, -0.2) is 36.3 Å². The van der Waals surface area contributed by atoms with Gasteiger partial charge < -0.3 is 20.5 Å². The molecule has 2 unspecified atom stereocenters. The van der Waals surface area contributed by atoms with Crippen LogP contribution >= 0.6 is 11.3 Å². The summed E-state index contributed by atoms with van der Waals surface area (Å²) in [5.74, 6) is -0.847. The van der Waals surface area contributed by atoms with Crippen LogP contribution in [0.25, 0.3) is 0 Å². The summed E-state index contributed by atoms with van der Waals surface area (Å²) < 4.78 is 5.73.